The summed E-state index contributed by atoms with van der Waals surface area (Å²) >= 11 is 0. The molecule has 0 saturated carbocycles. The van der Waals surface area contributed by atoms with E-state index in [0.717, 1.165) is 0 Å². The van der Waals surface area contributed by atoms with Crippen LogP contribution in [0.2, 0.25) is 0 Å². The summed E-state index contributed by atoms with van der Waals surface area (Å²) in [6.45, 7) is -3.56. The summed E-state index contributed by atoms with van der Waals surface area (Å²) in [6.07, 6.45) is -21.8. The van der Waals surface area contributed by atoms with Gasteiger partial charge in [-0.05, 0) is 0 Å². The highest BCUT2D eigenvalue weighted by Crippen LogP contribution is 2.61. The molecule has 29 heavy (non-hydrogen) atoms. The predicted octanol–water partition coefficient (Wildman–Crippen LogP) is 5.06. The normalized spacial score (nSPS) is 16.9. The third-order valence-corrected chi connectivity index (χ3v) is 3.15. The van der Waals surface area contributed by atoms with Crippen molar-refractivity contribution in [3.63, 3.8) is 0 Å². The number of ether oxygens (including phenoxy) is 1. The fourth-order valence-corrected chi connectivity index (χ4v) is 1.58. The molecule has 0 radical (unpaired) electrons. The van der Waals surface area contributed by atoms with Gasteiger partial charge in [-0.2, -0.15) is 65.9 Å². The van der Waals surface area contributed by atoms with Crippen LogP contribution in [0.15, 0.2) is 0 Å². The van der Waals surface area contributed by atoms with Gasteiger partial charge >= 0.3 is 41.9 Å². The molecule has 0 rings (SSSR count). The third kappa shape index (κ3) is 4.61. The van der Waals surface area contributed by atoms with Crippen LogP contribution in [-0.2, 0) is 4.74 Å². The lowest BCUT2D eigenvalue weighted by Gasteiger charge is -2.41. The lowest BCUT2D eigenvalue weighted by molar-refractivity contribution is -0.460. The van der Waals surface area contributed by atoms with Crippen molar-refractivity contribution in [2.75, 3.05) is 13.2 Å². The van der Waals surface area contributed by atoms with Crippen LogP contribution in [0.25, 0.3) is 0 Å². The number of hydrogen-bond donors (Lipinski definition) is 1. The molecule has 0 aliphatic rings. The molecule has 0 fully saturated rings. The Morgan fingerprint density at radius 1 is 0.621 bits per heavy atom. The molecule has 1 unspecified atom stereocenters. The van der Waals surface area contributed by atoms with Crippen LogP contribution in [0.5, 0.6) is 0 Å². The van der Waals surface area contributed by atoms with Gasteiger partial charge in [0, 0.05) is 0 Å². The minimum Gasteiger partial charge on any atom is -0.394 e. The zero-order valence-electron chi connectivity index (χ0n) is 13.1. The second-order valence-corrected chi connectivity index (χ2v) is 5.30. The topological polar surface area (TPSA) is 29.5 Å². The average Bonchev–Trinajstić information content (AvgIpc) is 2.50. The molecule has 0 aliphatic heterocycles. The molecule has 0 amide bonds. The highest BCUT2D eigenvalue weighted by molar-refractivity contribution is 5.11. The van der Waals surface area contributed by atoms with E-state index in [4.69, 9.17) is 5.11 Å². The minimum absolute atomic E-state index is 1.61. The van der Waals surface area contributed by atoms with Crippen LogP contribution in [0.1, 0.15) is 6.42 Å². The first-order chi connectivity index (χ1) is 12.4. The van der Waals surface area contributed by atoms with E-state index in [1.807, 2.05) is 0 Å². The van der Waals surface area contributed by atoms with Crippen molar-refractivity contribution in [3.8, 4) is 0 Å². The highest BCUT2D eigenvalue weighted by Gasteiger charge is 2.91. The largest absolute Gasteiger partial charge is 0.426 e. The van der Waals surface area contributed by atoms with Crippen molar-refractivity contribution in [2.45, 2.75) is 54.5 Å². The molecule has 2 nitrogen and oxygen atoms in total. The van der Waals surface area contributed by atoms with E-state index < -0.39 is 67.7 Å². The minimum atomic E-state index is -8.23. The highest BCUT2D eigenvalue weighted by atomic mass is 19.4. The summed E-state index contributed by atoms with van der Waals surface area (Å²) in [6, 6.07) is 0. The molecular weight excluding hydrogens is 468 g/mol. The van der Waals surface area contributed by atoms with Crippen molar-refractivity contribution >= 4 is 0 Å². The van der Waals surface area contributed by atoms with Crippen LogP contribution in [0.3, 0.4) is 0 Å². The Morgan fingerprint density at radius 3 is 1.34 bits per heavy atom. The molecule has 1 N–H and O–H groups in total. The summed E-state index contributed by atoms with van der Waals surface area (Å²) in [5.74, 6) is -39.4. The molecular formula is C11H8F16O2. The van der Waals surface area contributed by atoms with Gasteiger partial charge in [-0.3, -0.25) is 0 Å². The van der Waals surface area contributed by atoms with E-state index in [0.29, 0.717) is 0 Å². The van der Waals surface area contributed by atoms with Crippen molar-refractivity contribution in [1.29, 1.82) is 0 Å². The second kappa shape index (κ2) is 7.81. The smallest absolute Gasteiger partial charge is 0.394 e. The Bertz CT molecular complexity index is 554. The van der Waals surface area contributed by atoms with Gasteiger partial charge in [0.25, 0.3) is 0 Å². The summed E-state index contributed by atoms with van der Waals surface area (Å²) in [4.78, 5) is 0. The van der Waals surface area contributed by atoms with Crippen molar-refractivity contribution in [3.05, 3.63) is 0 Å². The molecule has 18 heteroatoms. The van der Waals surface area contributed by atoms with E-state index in [1.54, 1.807) is 0 Å². The molecule has 176 valence electrons. The number of alkyl halides is 16. The number of aliphatic hydroxyl groups is 1. The van der Waals surface area contributed by atoms with Crippen LogP contribution < -0.4 is 0 Å². The Morgan fingerprint density at radius 2 is 1.00 bits per heavy atom. The van der Waals surface area contributed by atoms with E-state index >= 15 is 0 Å². The number of rotatable bonds is 10. The predicted molar refractivity (Wildman–Crippen MR) is 58.3 cm³/mol. The third-order valence-electron chi connectivity index (χ3n) is 3.15. The van der Waals surface area contributed by atoms with Gasteiger partial charge in [-0.15, -0.1) is 0 Å². The summed E-state index contributed by atoms with van der Waals surface area (Å²) in [5.41, 5.74) is 0. The maximum Gasteiger partial charge on any atom is 0.426 e. The zero-order chi connectivity index (χ0) is 23.9. The van der Waals surface area contributed by atoms with Gasteiger partial charge < -0.3 is 9.84 Å². The van der Waals surface area contributed by atoms with Crippen molar-refractivity contribution < 1.29 is 80.1 Å². The molecule has 0 aromatic rings. The summed E-state index contributed by atoms with van der Waals surface area (Å²) < 4.78 is 209. The molecule has 0 saturated heterocycles. The molecule has 0 spiro atoms. The molecule has 0 aromatic carbocycles. The van der Waals surface area contributed by atoms with Gasteiger partial charge in [0.1, 0.15) is 0 Å². The van der Waals surface area contributed by atoms with Crippen LogP contribution in [-0.4, -0.2) is 66.4 Å². The monoisotopic (exact) mass is 476 g/mol. The van der Waals surface area contributed by atoms with E-state index in [-0.39, 0.29) is 0 Å². The van der Waals surface area contributed by atoms with Crippen LogP contribution in [0.4, 0.5) is 70.2 Å². The first-order valence-corrected chi connectivity index (χ1v) is 6.66. The van der Waals surface area contributed by atoms with Crippen LogP contribution >= 0.6 is 0 Å². The maximum atomic E-state index is 13.3. The molecule has 0 heterocycles. The fraction of sp³-hybridized carbons (Fsp3) is 1.00. The van der Waals surface area contributed by atoms with E-state index in [2.05, 4.69) is 4.74 Å². The molecule has 1 atom stereocenters. The number of halogens is 16. The maximum absolute atomic E-state index is 13.3. The Labute approximate surface area is 149 Å². The number of hydrogen-bond acceptors (Lipinski definition) is 2. The second-order valence-electron chi connectivity index (χ2n) is 5.30. The lowest BCUT2D eigenvalue weighted by atomic mass is 9.91. The first kappa shape index (κ1) is 27.8. The SMILES string of the molecule is OCCOC(F)(F)C(F)(F)C(F)(F)C(F)(F)C(F)(F)C(F)(F)C(F)CC(F)(F)F. The van der Waals surface area contributed by atoms with Gasteiger partial charge in [0.05, 0.1) is 19.6 Å². The van der Waals surface area contributed by atoms with Crippen LogP contribution in [0, 0.1) is 0 Å². The molecule has 0 bridgehead atoms. The summed E-state index contributed by atoms with van der Waals surface area (Å²) in [5, 5.41) is 8.06. The van der Waals surface area contributed by atoms with Gasteiger partial charge in [-0.25, -0.2) is 4.39 Å². The van der Waals surface area contributed by atoms with Crippen molar-refractivity contribution in [2.24, 2.45) is 0 Å². The zero-order valence-corrected chi connectivity index (χ0v) is 13.1. The quantitative estimate of drug-likeness (QED) is 0.448. The van der Waals surface area contributed by atoms with Crippen molar-refractivity contribution in [1.82, 2.24) is 0 Å². The average molecular weight is 476 g/mol. The first-order valence-electron chi connectivity index (χ1n) is 6.66. The van der Waals surface area contributed by atoms with Gasteiger partial charge in [0.2, 0.25) is 0 Å². The van der Waals surface area contributed by atoms with Gasteiger partial charge in [0.15, 0.2) is 6.17 Å². The lowest BCUT2D eigenvalue weighted by Crippen LogP contribution is -2.72. The molecule has 0 aromatic heterocycles. The summed E-state index contributed by atoms with van der Waals surface area (Å²) in [7, 11) is 0. The molecule has 0 aliphatic carbocycles. The van der Waals surface area contributed by atoms with Gasteiger partial charge in [-0.1, -0.05) is 0 Å². The Hall–Kier alpha value is -1.20. The van der Waals surface area contributed by atoms with E-state index in [9.17, 15) is 70.2 Å². The van der Waals surface area contributed by atoms with E-state index in [1.165, 1.54) is 0 Å². The Kier molecular flexibility index (Phi) is 7.48. The fourth-order valence-electron chi connectivity index (χ4n) is 1.58. The standard InChI is InChI=1S/C11H8F16O2/c12-4(3-5(13,14)15)6(16,17)7(18,19)8(20,21)9(22,23)10(24,25)11(26,27)29-2-1-28/h4,28H,1-3H2. The Balaban J connectivity index is 6.27. The number of aliphatic hydroxyl groups excluding tert-OH is 1.